The zero-order valence-corrected chi connectivity index (χ0v) is 15.4. The average Bonchev–Trinajstić information content (AvgIpc) is 2.73. The van der Waals surface area contributed by atoms with E-state index in [-0.39, 0.29) is 34.5 Å². The number of hydrogen-bond donors (Lipinski definition) is 3. The quantitative estimate of drug-likeness (QED) is 0.510. The highest BCUT2D eigenvalue weighted by atomic mass is 16.5. The number of benzene rings is 1. The Kier molecular flexibility index (Phi) is 5.39. The maximum absolute atomic E-state index is 12.1. The van der Waals surface area contributed by atoms with Crippen LogP contribution >= 0.6 is 0 Å². The van der Waals surface area contributed by atoms with Crippen LogP contribution in [0, 0.1) is 0 Å². The normalized spacial score (nSPS) is 11.8. The van der Waals surface area contributed by atoms with Crippen LogP contribution in [0.4, 0.5) is 17.1 Å². The molecule has 1 aromatic heterocycles. The van der Waals surface area contributed by atoms with Gasteiger partial charge in [0.05, 0.1) is 18.8 Å². The van der Waals surface area contributed by atoms with Crippen molar-refractivity contribution in [1.29, 1.82) is 0 Å². The SMILES string of the molecule is CCC(Nc1c(Nc2ccnc(C(=O)O)c2OC)c(=O)c1=O)c1ccccc1. The number of nitrogens with one attached hydrogen (secondary N) is 2. The van der Waals surface area contributed by atoms with Crippen molar-refractivity contribution >= 4 is 23.0 Å². The fourth-order valence-corrected chi connectivity index (χ4v) is 2.97. The summed E-state index contributed by atoms with van der Waals surface area (Å²) in [7, 11) is 1.30. The minimum atomic E-state index is -1.26. The summed E-state index contributed by atoms with van der Waals surface area (Å²) in [6.07, 6.45) is 1.98. The molecule has 0 amide bonds. The summed E-state index contributed by atoms with van der Waals surface area (Å²) in [5.41, 5.74) is -0.144. The molecule has 8 heteroatoms. The van der Waals surface area contributed by atoms with Crippen molar-refractivity contribution in [2.24, 2.45) is 0 Å². The lowest BCUT2D eigenvalue weighted by molar-refractivity contribution is 0.0686. The molecule has 0 aliphatic rings. The van der Waals surface area contributed by atoms with Crippen molar-refractivity contribution in [2.45, 2.75) is 19.4 Å². The van der Waals surface area contributed by atoms with Crippen LogP contribution in [0.25, 0.3) is 0 Å². The standard InChI is InChI=1S/C20H19N3O5/c1-3-12(11-7-5-4-6-8-11)22-14-15(18(25)17(14)24)23-13-9-10-21-16(20(26)27)19(13)28-2/h4-10,12,22H,3H2,1-2H3,(H,21,23)(H,26,27). The van der Waals surface area contributed by atoms with E-state index >= 15 is 0 Å². The second-order valence-electron chi connectivity index (χ2n) is 6.09. The van der Waals surface area contributed by atoms with Gasteiger partial charge in [-0.05, 0) is 18.1 Å². The Morgan fingerprint density at radius 1 is 1.14 bits per heavy atom. The Labute approximate surface area is 160 Å². The van der Waals surface area contributed by atoms with Crippen molar-refractivity contribution in [3.05, 3.63) is 74.3 Å². The van der Waals surface area contributed by atoms with Crippen LogP contribution in [0.15, 0.2) is 52.2 Å². The van der Waals surface area contributed by atoms with Gasteiger partial charge in [0.25, 0.3) is 10.9 Å². The number of carboxylic acids is 1. The van der Waals surface area contributed by atoms with E-state index in [1.54, 1.807) is 0 Å². The molecule has 0 aliphatic heterocycles. The molecule has 0 saturated carbocycles. The van der Waals surface area contributed by atoms with Gasteiger partial charge in [-0.2, -0.15) is 0 Å². The molecule has 144 valence electrons. The first-order valence-corrected chi connectivity index (χ1v) is 8.66. The highest BCUT2D eigenvalue weighted by Crippen LogP contribution is 2.32. The lowest BCUT2D eigenvalue weighted by atomic mass is 10.0. The van der Waals surface area contributed by atoms with Gasteiger partial charge in [0.1, 0.15) is 11.4 Å². The Morgan fingerprint density at radius 3 is 2.43 bits per heavy atom. The van der Waals surface area contributed by atoms with Crippen molar-refractivity contribution < 1.29 is 14.6 Å². The van der Waals surface area contributed by atoms with Crippen molar-refractivity contribution in [3.63, 3.8) is 0 Å². The number of aromatic carboxylic acids is 1. The van der Waals surface area contributed by atoms with Gasteiger partial charge in [0, 0.05) is 6.20 Å². The van der Waals surface area contributed by atoms with Crippen molar-refractivity contribution in [1.82, 2.24) is 4.98 Å². The summed E-state index contributed by atoms with van der Waals surface area (Å²) in [6.45, 7) is 1.97. The van der Waals surface area contributed by atoms with Gasteiger partial charge in [-0.1, -0.05) is 37.3 Å². The largest absolute Gasteiger partial charge is 0.492 e. The molecule has 3 aromatic rings. The van der Waals surface area contributed by atoms with Gasteiger partial charge in [0.2, 0.25) is 0 Å². The van der Waals surface area contributed by atoms with E-state index in [1.807, 2.05) is 37.3 Å². The monoisotopic (exact) mass is 381 g/mol. The average molecular weight is 381 g/mol. The third kappa shape index (κ3) is 3.44. The molecule has 1 unspecified atom stereocenters. The van der Waals surface area contributed by atoms with Crippen LogP contribution in [0.2, 0.25) is 0 Å². The number of carboxylic acid groups (broad SMARTS) is 1. The summed E-state index contributed by atoms with van der Waals surface area (Å²) in [5.74, 6) is -1.29. The molecular weight excluding hydrogens is 362 g/mol. The molecule has 3 N–H and O–H groups in total. The molecule has 1 atom stereocenters. The third-order valence-corrected chi connectivity index (χ3v) is 4.41. The second kappa shape index (κ2) is 7.91. The molecule has 3 rings (SSSR count). The predicted octanol–water partition coefficient (Wildman–Crippen LogP) is 2.69. The van der Waals surface area contributed by atoms with Crippen LogP contribution in [0.5, 0.6) is 5.75 Å². The topological polar surface area (TPSA) is 118 Å². The van der Waals surface area contributed by atoms with Crippen molar-refractivity contribution in [2.75, 3.05) is 17.7 Å². The lowest BCUT2D eigenvalue weighted by Gasteiger charge is -2.22. The molecular formula is C20H19N3O5. The third-order valence-electron chi connectivity index (χ3n) is 4.41. The van der Waals surface area contributed by atoms with Gasteiger partial charge >= 0.3 is 5.97 Å². The molecule has 28 heavy (non-hydrogen) atoms. The number of aromatic nitrogens is 1. The number of pyridine rings is 1. The van der Waals surface area contributed by atoms with Gasteiger partial charge in [0.15, 0.2) is 11.4 Å². The van der Waals surface area contributed by atoms with E-state index in [1.165, 1.54) is 19.4 Å². The van der Waals surface area contributed by atoms with Crippen LogP contribution in [-0.2, 0) is 0 Å². The number of carbonyl (C=O) groups is 1. The summed E-state index contributed by atoms with van der Waals surface area (Å²) in [4.78, 5) is 39.3. The Morgan fingerprint density at radius 2 is 1.82 bits per heavy atom. The van der Waals surface area contributed by atoms with Crippen LogP contribution < -0.4 is 26.2 Å². The van der Waals surface area contributed by atoms with E-state index in [4.69, 9.17) is 4.74 Å². The molecule has 0 fully saturated rings. The summed E-state index contributed by atoms with van der Waals surface area (Å²) in [5, 5.41) is 15.2. The smallest absolute Gasteiger partial charge is 0.358 e. The molecule has 0 aliphatic carbocycles. The number of anilines is 3. The number of rotatable bonds is 8. The van der Waals surface area contributed by atoms with Crippen LogP contribution in [0.1, 0.15) is 35.4 Å². The number of methoxy groups -OCH3 is 1. The number of hydrogen-bond acceptors (Lipinski definition) is 7. The molecule has 0 spiro atoms. The maximum Gasteiger partial charge on any atom is 0.358 e. The first-order valence-electron chi connectivity index (χ1n) is 8.66. The number of ether oxygens (including phenoxy) is 1. The Balaban J connectivity index is 1.93. The first kappa shape index (κ1) is 19.1. The fourth-order valence-electron chi connectivity index (χ4n) is 2.97. The van der Waals surface area contributed by atoms with Gasteiger partial charge in [-0.15, -0.1) is 0 Å². The molecule has 0 saturated heterocycles. The summed E-state index contributed by atoms with van der Waals surface area (Å²) in [6, 6.07) is 10.9. The zero-order valence-electron chi connectivity index (χ0n) is 15.4. The minimum absolute atomic E-state index is 0.0240. The minimum Gasteiger partial charge on any atom is -0.492 e. The van der Waals surface area contributed by atoms with E-state index in [9.17, 15) is 19.5 Å². The van der Waals surface area contributed by atoms with E-state index in [0.717, 1.165) is 5.56 Å². The second-order valence-corrected chi connectivity index (χ2v) is 6.09. The lowest BCUT2D eigenvalue weighted by Crippen LogP contribution is -2.37. The fraction of sp³-hybridized carbons (Fsp3) is 0.200. The molecule has 1 heterocycles. The highest BCUT2D eigenvalue weighted by Gasteiger charge is 2.25. The summed E-state index contributed by atoms with van der Waals surface area (Å²) >= 11 is 0. The molecule has 0 radical (unpaired) electrons. The van der Waals surface area contributed by atoms with Gasteiger partial charge < -0.3 is 20.5 Å². The zero-order chi connectivity index (χ0) is 20.3. The highest BCUT2D eigenvalue weighted by molar-refractivity contribution is 5.92. The van der Waals surface area contributed by atoms with Crippen LogP contribution in [0.3, 0.4) is 0 Å². The maximum atomic E-state index is 12.1. The van der Waals surface area contributed by atoms with Crippen molar-refractivity contribution in [3.8, 4) is 5.75 Å². The van der Waals surface area contributed by atoms with Crippen LogP contribution in [-0.4, -0.2) is 23.2 Å². The van der Waals surface area contributed by atoms with E-state index < -0.39 is 16.8 Å². The predicted molar refractivity (Wildman–Crippen MR) is 105 cm³/mol. The molecule has 0 bridgehead atoms. The van der Waals surface area contributed by atoms with E-state index in [2.05, 4.69) is 15.6 Å². The number of nitrogens with zero attached hydrogens (tertiary/aromatic N) is 1. The van der Waals surface area contributed by atoms with E-state index in [0.29, 0.717) is 6.42 Å². The molecule has 8 nitrogen and oxygen atoms in total. The van der Waals surface area contributed by atoms with Gasteiger partial charge in [-0.3, -0.25) is 9.59 Å². The first-order chi connectivity index (χ1) is 13.5. The Hall–Kier alpha value is -3.68. The molecule has 2 aromatic carbocycles. The van der Waals surface area contributed by atoms with Gasteiger partial charge in [-0.25, -0.2) is 9.78 Å². The summed E-state index contributed by atoms with van der Waals surface area (Å²) < 4.78 is 5.13. The Bertz CT molecular complexity index is 1070.